The van der Waals surface area contributed by atoms with Crippen LogP contribution in [-0.2, 0) is 22.5 Å². The van der Waals surface area contributed by atoms with E-state index in [9.17, 15) is 19.8 Å². The van der Waals surface area contributed by atoms with Gasteiger partial charge in [-0.1, -0.05) is 78.9 Å². The monoisotopic (exact) mass is 515 g/mol. The molecule has 38 heavy (non-hydrogen) atoms. The quantitative estimate of drug-likeness (QED) is 0.423. The number of carbonyl (C=O) groups is 2. The van der Waals surface area contributed by atoms with Crippen LogP contribution in [0.5, 0.6) is 0 Å². The Morgan fingerprint density at radius 3 is 2.08 bits per heavy atom. The average molecular weight is 516 g/mol. The Bertz CT molecular complexity index is 1220. The third-order valence-electron chi connectivity index (χ3n) is 7.57. The first-order valence-electron chi connectivity index (χ1n) is 13.0. The first kappa shape index (κ1) is 25.9. The molecule has 2 amide bonds. The fourth-order valence-electron chi connectivity index (χ4n) is 5.63. The van der Waals surface area contributed by atoms with Crippen LogP contribution in [0.25, 0.3) is 0 Å². The van der Waals surface area contributed by atoms with Gasteiger partial charge >= 0.3 is 6.09 Å². The molecule has 2 aliphatic heterocycles. The first-order chi connectivity index (χ1) is 18.5. The molecule has 0 unspecified atom stereocenters. The number of nitrogens with one attached hydrogen (secondary N) is 1. The number of rotatable bonds is 8. The van der Waals surface area contributed by atoms with Crippen LogP contribution in [0.2, 0.25) is 0 Å². The number of benzene rings is 3. The molecule has 0 aromatic heterocycles. The molecule has 3 aromatic carbocycles. The van der Waals surface area contributed by atoms with Crippen molar-refractivity contribution in [1.82, 2.24) is 10.2 Å². The highest BCUT2D eigenvalue weighted by Crippen LogP contribution is 2.35. The van der Waals surface area contributed by atoms with E-state index in [4.69, 9.17) is 4.74 Å². The molecular weight excluding hydrogens is 482 g/mol. The third kappa shape index (κ3) is 5.29. The highest BCUT2D eigenvalue weighted by atomic mass is 16.5. The van der Waals surface area contributed by atoms with Gasteiger partial charge in [-0.15, -0.1) is 0 Å². The van der Waals surface area contributed by atoms with Crippen LogP contribution < -0.4 is 10.2 Å². The maximum absolute atomic E-state index is 14.0. The van der Waals surface area contributed by atoms with Gasteiger partial charge in [-0.3, -0.25) is 15.0 Å². The minimum atomic E-state index is -1.31. The highest BCUT2D eigenvalue weighted by molar-refractivity contribution is 5.89. The van der Waals surface area contributed by atoms with Gasteiger partial charge in [0.1, 0.15) is 6.04 Å². The number of hydrogen-bond acceptors (Lipinski definition) is 5. The van der Waals surface area contributed by atoms with Gasteiger partial charge in [-0.05, 0) is 29.7 Å². The average Bonchev–Trinajstić information content (AvgIpc) is 3.20. The van der Waals surface area contributed by atoms with Crippen molar-refractivity contribution in [2.45, 2.75) is 49.7 Å². The summed E-state index contributed by atoms with van der Waals surface area (Å²) in [4.78, 5) is 29.6. The second-order valence-corrected chi connectivity index (χ2v) is 9.91. The maximum atomic E-state index is 14.0. The number of hydrogen-bond donors (Lipinski definition) is 3. The Kier molecular flexibility index (Phi) is 7.74. The van der Waals surface area contributed by atoms with Crippen LogP contribution >= 0.6 is 0 Å². The van der Waals surface area contributed by atoms with Gasteiger partial charge in [-0.25, -0.2) is 4.79 Å². The Labute approximate surface area is 222 Å². The molecule has 1 spiro atoms. The molecule has 3 aromatic rings. The SMILES string of the molecule is O=C(O)N(c1ccccc1)[C@@H](Cc1ccccc1)[C@H](O)[C@@H]1NC2(CCOCC2)N(Cc2ccccc2)C1=O. The molecule has 3 atom stereocenters. The largest absolute Gasteiger partial charge is 0.465 e. The smallest absolute Gasteiger partial charge is 0.412 e. The second kappa shape index (κ2) is 11.3. The number of carboxylic acid groups (broad SMARTS) is 1. The van der Waals surface area contributed by atoms with Crippen molar-refractivity contribution in [1.29, 1.82) is 0 Å². The normalized spacial score (nSPS) is 20.3. The van der Waals surface area contributed by atoms with E-state index >= 15 is 0 Å². The molecule has 8 heteroatoms. The van der Waals surface area contributed by atoms with Crippen LogP contribution in [0.15, 0.2) is 91.0 Å². The first-order valence-corrected chi connectivity index (χ1v) is 13.0. The summed E-state index contributed by atoms with van der Waals surface area (Å²) in [7, 11) is 0. The van der Waals surface area contributed by atoms with Crippen molar-refractivity contribution in [3.05, 3.63) is 102 Å². The summed E-state index contributed by atoms with van der Waals surface area (Å²) < 4.78 is 5.61. The van der Waals surface area contributed by atoms with Crippen molar-refractivity contribution < 1.29 is 24.5 Å². The molecule has 0 aliphatic carbocycles. The minimum Gasteiger partial charge on any atom is -0.465 e. The zero-order valence-corrected chi connectivity index (χ0v) is 21.1. The van der Waals surface area contributed by atoms with Crippen LogP contribution in [-0.4, -0.2) is 64.2 Å². The van der Waals surface area contributed by atoms with Crippen LogP contribution in [0, 0.1) is 0 Å². The predicted molar refractivity (Wildman–Crippen MR) is 144 cm³/mol. The standard InChI is InChI=1S/C30H33N3O5/c34-27(25(20-22-10-4-1-5-11-22)33(29(36)37)24-14-8-3-9-15-24)26-28(35)32(21-23-12-6-2-7-13-23)30(31-26)16-18-38-19-17-30/h1-15,25-27,31,34H,16-21H2,(H,36,37)/t25-,26-,27-/m0/s1. The minimum absolute atomic E-state index is 0.236. The fraction of sp³-hybridized carbons (Fsp3) is 0.333. The van der Waals surface area contributed by atoms with Crippen LogP contribution in [0.3, 0.4) is 0 Å². The second-order valence-electron chi connectivity index (χ2n) is 9.91. The number of aliphatic hydroxyl groups is 1. The molecule has 2 aliphatic rings. The van der Waals surface area contributed by atoms with Gasteiger partial charge in [0, 0.05) is 25.1 Å². The van der Waals surface area contributed by atoms with Crippen molar-refractivity contribution in [3.63, 3.8) is 0 Å². The molecule has 0 bridgehead atoms. The van der Waals surface area contributed by atoms with Gasteiger partial charge in [0.05, 0.1) is 31.0 Å². The molecule has 2 heterocycles. The van der Waals surface area contributed by atoms with Gasteiger partial charge in [0.25, 0.3) is 0 Å². The zero-order valence-electron chi connectivity index (χ0n) is 21.1. The number of amides is 2. The number of carbonyl (C=O) groups excluding carboxylic acids is 1. The van der Waals surface area contributed by atoms with Crippen molar-refractivity contribution in [2.24, 2.45) is 0 Å². The van der Waals surface area contributed by atoms with E-state index in [1.165, 1.54) is 4.90 Å². The van der Waals surface area contributed by atoms with Crippen molar-refractivity contribution >= 4 is 17.7 Å². The summed E-state index contributed by atoms with van der Waals surface area (Å²) in [6.07, 6.45) is -1.09. The topological polar surface area (TPSA) is 102 Å². The van der Waals surface area contributed by atoms with E-state index in [1.807, 2.05) is 71.6 Å². The number of nitrogens with zero attached hydrogens (tertiary/aromatic N) is 2. The Balaban J connectivity index is 1.51. The Morgan fingerprint density at radius 2 is 1.50 bits per heavy atom. The van der Waals surface area contributed by atoms with Gasteiger partial charge in [-0.2, -0.15) is 0 Å². The molecular formula is C30H33N3O5. The van der Waals surface area contributed by atoms with E-state index in [1.54, 1.807) is 24.3 Å². The summed E-state index contributed by atoms with van der Waals surface area (Å²) in [5.74, 6) is -0.236. The number of para-hydroxylation sites is 1. The molecule has 0 radical (unpaired) electrons. The van der Waals surface area contributed by atoms with Crippen molar-refractivity contribution in [2.75, 3.05) is 18.1 Å². The lowest BCUT2D eigenvalue weighted by molar-refractivity contribution is -0.137. The van der Waals surface area contributed by atoms with Gasteiger partial charge in [0.2, 0.25) is 5.91 Å². The lowest BCUT2D eigenvalue weighted by Gasteiger charge is -2.41. The molecule has 3 N–H and O–H groups in total. The summed E-state index contributed by atoms with van der Waals surface area (Å²) in [5, 5.41) is 25.6. The fourth-order valence-corrected chi connectivity index (χ4v) is 5.63. The molecule has 0 saturated carbocycles. The van der Waals surface area contributed by atoms with Gasteiger partial charge in [0.15, 0.2) is 0 Å². The number of ether oxygens (including phenoxy) is 1. The highest BCUT2D eigenvalue weighted by Gasteiger charge is 2.54. The lowest BCUT2D eigenvalue weighted by Crippen LogP contribution is -2.59. The molecule has 5 rings (SSSR count). The summed E-state index contributed by atoms with van der Waals surface area (Å²) in [5.41, 5.74) is 1.62. The summed E-state index contributed by atoms with van der Waals surface area (Å²) >= 11 is 0. The zero-order chi connectivity index (χ0) is 26.5. The van der Waals surface area contributed by atoms with Crippen LogP contribution in [0.1, 0.15) is 24.0 Å². The van der Waals surface area contributed by atoms with E-state index in [-0.39, 0.29) is 12.3 Å². The van der Waals surface area contributed by atoms with Crippen LogP contribution in [0.4, 0.5) is 10.5 Å². The third-order valence-corrected chi connectivity index (χ3v) is 7.57. The number of anilines is 1. The molecule has 8 nitrogen and oxygen atoms in total. The van der Waals surface area contributed by atoms with E-state index in [2.05, 4.69) is 5.32 Å². The van der Waals surface area contributed by atoms with Crippen molar-refractivity contribution in [3.8, 4) is 0 Å². The van der Waals surface area contributed by atoms with Gasteiger partial charge < -0.3 is 19.8 Å². The number of aliphatic hydroxyl groups excluding tert-OH is 1. The maximum Gasteiger partial charge on any atom is 0.412 e. The van der Waals surface area contributed by atoms with E-state index in [0.29, 0.717) is 38.3 Å². The molecule has 2 fully saturated rings. The van der Waals surface area contributed by atoms with E-state index in [0.717, 1.165) is 11.1 Å². The molecule has 198 valence electrons. The van der Waals surface area contributed by atoms with E-state index < -0.39 is 29.9 Å². The Hall–Kier alpha value is -3.72. The molecule has 2 saturated heterocycles. The summed E-state index contributed by atoms with van der Waals surface area (Å²) in [6.45, 7) is 1.38. The summed E-state index contributed by atoms with van der Waals surface area (Å²) in [6, 6.07) is 26.0. The predicted octanol–water partition coefficient (Wildman–Crippen LogP) is 3.65. The Morgan fingerprint density at radius 1 is 0.947 bits per heavy atom. The lowest BCUT2D eigenvalue weighted by atomic mass is 9.94.